The van der Waals surface area contributed by atoms with E-state index in [1.54, 1.807) is 18.5 Å². The van der Waals surface area contributed by atoms with Gasteiger partial charge in [0.1, 0.15) is 12.4 Å². The van der Waals surface area contributed by atoms with Crippen LogP contribution >= 0.6 is 0 Å². The molecule has 116 valence electrons. The molecule has 2 aromatic rings. The van der Waals surface area contributed by atoms with Crippen molar-refractivity contribution in [3.05, 3.63) is 36.3 Å². The van der Waals surface area contributed by atoms with Crippen LogP contribution in [-0.4, -0.2) is 34.1 Å². The van der Waals surface area contributed by atoms with E-state index in [4.69, 9.17) is 9.15 Å². The molecule has 3 rings (SSSR count). The molecule has 0 aromatic carbocycles. The number of aromatic nitrogens is 3. The monoisotopic (exact) mass is 303 g/mol. The van der Waals surface area contributed by atoms with E-state index in [1.807, 2.05) is 0 Å². The van der Waals surface area contributed by atoms with Gasteiger partial charge in [-0.05, 0) is 31.7 Å². The average Bonchev–Trinajstić information content (AvgIpc) is 3.06. The highest BCUT2D eigenvalue weighted by atomic mass is 16.5. The quantitative estimate of drug-likeness (QED) is 0.801. The lowest BCUT2D eigenvalue weighted by Gasteiger charge is -2.26. The predicted octanol–water partition coefficient (Wildman–Crippen LogP) is 2.36. The van der Waals surface area contributed by atoms with E-state index in [0.29, 0.717) is 11.9 Å². The second kappa shape index (κ2) is 6.55. The van der Waals surface area contributed by atoms with E-state index in [1.165, 1.54) is 13.4 Å². The Morgan fingerprint density at radius 1 is 1.23 bits per heavy atom. The lowest BCUT2D eigenvalue weighted by molar-refractivity contribution is 0.0594. The topological polar surface area (TPSA) is 87.3 Å². The van der Waals surface area contributed by atoms with Crippen molar-refractivity contribution in [3.63, 3.8) is 0 Å². The fourth-order valence-electron chi connectivity index (χ4n) is 2.60. The maximum atomic E-state index is 11.4. The summed E-state index contributed by atoms with van der Waals surface area (Å²) in [6, 6.07) is 2.17. The number of esters is 1. The number of methoxy groups -OCH3 is 1. The van der Waals surface area contributed by atoms with Gasteiger partial charge in [0.2, 0.25) is 0 Å². The van der Waals surface area contributed by atoms with Crippen LogP contribution in [0, 0.1) is 0 Å². The molecule has 1 saturated carbocycles. The number of carbonyl (C=O) groups excluding carboxylic acids is 1. The molecule has 0 aliphatic heterocycles. The Hall–Kier alpha value is -2.44. The maximum absolute atomic E-state index is 11.4. The standard InChI is InChI=1S/C15H17N3O4/c1-20-14(19)12-9-21-13(18-12)10-3-5-11(6-4-10)22-15-16-7-2-8-17-15/h2,7-11H,3-6H2,1H3. The number of hydrogen-bond acceptors (Lipinski definition) is 7. The zero-order chi connectivity index (χ0) is 15.4. The first-order valence-electron chi connectivity index (χ1n) is 7.23. The van der Waals surface area contributed by atoms with Gasteiger partial charge in [0.15, 0.2) is 11.6 Å². The normalized spacial score (nSPS) is 21.3. The van der Waals surface area contributed by atoms with Crippen molar-refractivity contribution < 1.29 is 18.7 Å². The number of rotatable bonds is 4. The lowest BCUT2D eigenvalue weighted by Crippen LogP contribution is -2.24. The van der Waals surface area contributed by atoms with Crippen LogP contribution in [0.5, 0.6) is 6.01 Å². The van der Waals surface area contributed by atoms with E-state index in [2.05, 4.69) is 19.7 Å². The Kier molecular flexibility index (Phi) is 4.32. The van der Waals surface area contributed by atoms with E-state index < -0.39 is 5.97 Å². The SMILES string of the molecule is COC(=O)c1coc(C2CCC(Oc3ncccn3)CC2)n1. The van der Waals surface area contributed by atoms with Gasteiger partial charge >= 0.3 is 12.0 Å². The Labute approximate surface area is 127 Å². The molecule has 2 aromatic heterocycles. The molecule has 0 spiro atoms. The maximum Gasteiger partial charge on any atom is 0.360 e. The van der Waals surface area contributed by atoms with Crippen LogP contribution in [0.3, 0.4) is 0 Å². The smallest absolute Gasteiger partial charge is 0.360 e. The van der Waals surface area contributed by atoms with Crippen molar-refractivity contribution in [2.75, 3.05) is 7.11 Å². The third-order valence-electron chi connectivity index (χ3n) is 3.75. The summed E-state index contributed by atoms with van der Waals surface area (Å²) in [5.74, 6) is 0.318. The number of hydrogen-bond donors (Lipinski definition) is 0. The molecule has 0 unspecified atom stereocenters. The molecule has 2 heterocycles. The van der Waals surface area contributed by atoms with Gasteiger partial charge < -0.3 is 13.9 Å². The molecule has 7 nitrogen and oxygen atoms in total. The summed E-state index contributed by atoms with van der Waals surface area (Å²) in [5, 5.41) is 0. The summed E-state index contributed by atoms with van der Waals surface area (Å²) in [7, 11) is 1.32. The van der Waals surface area contributed by atoms with Crippen molar-refractivity contribution in [3.8, 4) is 6.01 Å². The van der Waals surface area contributed by atoms with E-state index in [-0.39, 0.29) is 17.7 Å². The zero-order valence-electron chi connectivity index (χ0n) is 12.3. The summed E-state index contributed by atoms with van der Waals surface area (Å²) in [6.07, 6.45) is 8.30. The minimum absolute atomic E-state index is 0.105. The minimum Gasteiger partial charge on any atom is -0.464 e. The van der Waals surface area contributed by atoms with Crippen molar-refractivity contribution in [2.45, 2.75) is 37.7 Å². The molecule has 0 amide bonds. The van der Waals surface area contributed by atoms with Gasteiger partial charge in [0, 0.05) is 18.3 Å². The Bertz CT molecular complexity index is 621. The van der Waals surface area contributed by atoms with Gasteiger partial charge in [0.05, 0.1) is 7.11 Å². The molecule has 1 aliphatic rings. The van der Waals surface area contributed by atoms with Gasteiger partial charge in [-0.2, -0.15) is 0 Å². The van der Waals surface area contributed by atoms with E-state index >= 15 is 0 Å². The molecule has 0 saturated heterocycles. The molecular weight excluding hydrogens is 286 g/mol. The van der Waals surface area contributed by atoms with Gasteiger partial charge in [-0.3, -0.25) is 0 Å². The largest absolute Gasteiger partial charge is 0.464 e. The summed E-state index contributed by atoms with van der Waals surface area (Å²) in [5.41, 5.74) is 0.216. The highest BCUT2D eigenvalue weighted by Gasteiger charge is 2.28. The van der Waals surface area contributed by atoms with Crippen LogP contribution < -0.4 is 4.74 Å². The third kappa shape index (κ3) is 3.24. The summed E-state index contributed by atoms with van der Waals surface area (Å²) >= 11 is 0. The highest BCUT2D eigenvalue weighted by molar-refractivity contribution is 5.86. The number of carbonyl (C=O) groups is 1. The van der Waals surface area contributed by atoms with Gasteiger partial charge in [0.25, 0.3) is 0 Å². The Morgan fingerprint density at radius 3 is 2.64 bits per heavy atom. The van der Waals surface area contributed by atoms with E-state index in [9.17, 15) is 4.79 Å². The van der Waals surface area contributed by atoms with Crippen LogP contribution in [0.4, 0.5) is 0 Å². The van der Waals surface area contributed by atoms with Crippen LogP contribution in [0.1, 0.15) is 48.0 Å². The first-order valence-corrected chi connectivity index (χ1v) is 7.23. The first-order chi connectivity index (χ1) is 10.8. The molecule has 0 radical (unpaired) electrons. The van der Waals surface area contributed by atoms with Gasteiger partial charge in [-0.15, -0.1) is 0 Å². The fraction of sp³-hybridized carbons (Fsp3) is 0.467. The average molecular weight is 303 g/mol. The van der Waals surface area contributed by atoms with Crippen molar-refractivity contribution in [1.82, 2.24) is 15.0 Å². The molecular formula is C15H17N3O4. The summed E-state index contributed by atoms with van der Waals surface area (Å²) in [6.45, 7) is 0. The van der Waals surface area contributed by atoms with Crippen molar-refractivity contribution >= 4 is 5.97 Å². The predicted molar refractivity (Wildman–Crippen MR) is 75.5 cm³/mol. The molecule has 22 heavy (non-hydrogen) atoms. The zero-order valence-corrected chi connectivity index (χ0v) is 12.3. The fourth-order valence-corrected chi connectivity index (χ4v) is 2.60. The second-order valence-electron chi connectivity index (χ2n) is 5.19. The number of nitrogens with zero attached hydrogens (tertiary/aromatic N) is 3. The van der Waals surface area contributed by atoms with Gasteiger partial charge in [-0.25, -0.2) is 19.7 Å². The second-order valence-corrected chi connectivity index (χ2v) is 5.19. The number of oxazole rings is 1. The molecule has 1 aliphatic carbocycles. The molecule has 7 heteroatoms. The van der Waals surface area contributed by atoms with Crippen LogP contribution in [0.15, 0.2) is 29.1 Å². The Balaban J connectivity index is 1.55. The van der Waals surface area contributed by atoms with Crippen LogP contribution in [0.25, 0.3) is 0 Å². The van der Waals surface area contributed by atoms with Crippen molar-refractivity contribution in [2.24, 2.45) is 0 Å². The van der Waals surface area contributed by atoms with Gasteiger partial charge in [-0.1, -0.05) is 0 Å². The van der Waals surface area contributed by atoms with E-state index in [0.717, 1.165) is 25.7 Å². The minimum atomic E-state index is -0.478. The first kappa shape index (κ1) is 14.5. The number of ether oxygens (including phenoxy) is 2. The summed E-state index contributed by atoms with van der Waals surface area (Å²) in [4.78, 5) is 23.7. The third-order valence-corrected chi connectivity index (χ3v) is 3.75. The molecule has 0 atom stereocenters. The molecule has 0 bridgehead atoms. The lowest BCUT2D eigenvalue weighted by atomic mass is 9.87. The Morgan fingerprint density at radius 2 is 1.95 bits per heavy atom. The molecule has 1 fully saturated rings. The summed E-state index contributed by atoms with van der Waals surface area (Å²) < 4.78 is 15.8. The highest BCUT2D eigenvalue weighted by Crippen LogP contribution is 2.33. The van der Waals surface area contributed by atoms with Crippen molar-refractivity contribution in [1.29, 1.82) is 0 Å². The van der Waals surface area contributed by atoms with Crippen LogP contribution in [-0.2, 0) is 4.74 Å². The van der Waals surface area contributed by atoms with Crippen LogP contribution in [0.2, 0.25) is 0 Å². The molecule has 0 N–H and O–H groups in total.